The molecule has 192 valence electrons. The molecule has 1 aliphatic heterocycles. The predicted molar refractivity (Wildman–Crippen MR) is 137 cm³/mol. The molecule has 2 N–H and O–H groups in total. The third-order valence-electron chi connectivity index (χ3n) is 8.20. The number of rotatable bonds is 7. The highest BCUT2D eigenvalue weighted by atomic mass is 35.5. The van der Waals surface area contributed by atoms with E-state index in [9.17, 15) is 14.7 Å². The number of esters is 1. The van der Waals surface area contributed by atoms with Gasteiger partial charge in [0.2, 0.25) is 0 Å². The molecule has 0 unspecified atom stereocenters. The number of benzene rings is 1. The van der Waals surface area contributed by atoms with Crippen molar-refractivity contribution in [3.05, 3.63) is 46.1 Å². The summed E-state index contributed by atoms with van der Waals surface area (Å²) in [7, 11) is 1.40. The number of hydrogen-bond donors (Lipinski definition) is 2. The van der Waals surface area contributed by atoms with Crippen LogP contribution in [0.2, 0.25) is 5.02 Å². The average molecular weight is 503 g/mol. The van der Waals surface area contributed by atoms with E-state index in [0.717, 1.165) is 47.4 Å². The fourth-order valence-corrected chi connectivity index (χ4v) is 5.87. The van der Waals surface area contributed by atoms with Gasteiger partial charge in [0.05, 0.1) is 18.6 Å². The normalized spacial score (nSPS) is 30.7. The first-order chi connectivity index (χ1) is 16.4. The second kappa shape index (κ2) is 9.78. The molecule has 0 spiro atoms. The molecule has 35 heavy (non-hydrogen) atoms. The molecule has 2 fully saturated rings. The van der Waals surface area contributed by atoms with Crippen LogP contribution in [0, 0.1) is 23.2 Å². The van der Waals surface area contributed by atoms with E-state index in [0.29, 0.717) is 18.8 Å². The minimum Gasteiger partial charge on any atom is -0.469 e. The summed E-state index contributed by atoms with van der Waals surface area (Å²) >= 11 is 6.75. The highest BCUT2D eigenvalue weighted by Gasteiger charge is 2.48. The Morgan fingerprint density at radius 2 is 1.94 bits per heavy atom. The van der Waals surface area contributed by atoms with Crippen molar-refractivity contribution in [1.29, 1.82) is 0 Å². The quantitative estimate of drug-likeness (QED) is 0.488. The summed E-state index contributed by atoms with van der Waals surface area (Å²) in [6, 6.07) is 6.01. The van der Waals surface area contributed by atoms with Crippen LogP contribution in [0.4, 0.5) is 4.79 Å². The first kappa shape index (κ1) is 26.0. The van der Waals surface area contributed by atoms with Crippen molar-refractivity contribution >= 4 is 23.6 Å². The van der Waals surface area contributed by atoms with E-state index < -0.39 is 5.54 Å². The zero-order chi connectivity index (χ0) is 25.5. The largest absolute Gasteiger partial charge is 0.469 e. The van der Waals surface area contributed by atoms with Gasteiger partial charge >= 0.3 is 12.0 Å². The smallest absolute Gasteiger partial charge is 0.322 e. The van der Waals surface area contributed by atoms with Crippen LogP contribution in [-0.2, 0) is 21.5 Å². The van der Waals surface area contributed by atoms with E-state index in [1.165, 1.54) is 7.11 Å². The maximum atomic E-state index is 13.3. The Morgan fingerprint density at radius 3 is 2.51 bits per heavy atom. The molecule has 7 heteroatoms. The van der Waals surface area contributed by atoms with Crippen molar-refractivity contribution < 1.29 is 19.4 Å². The summed E-state index contributed by atoms with van der Waals surface area (Å²) in [5, 5.41) is 13.6. The lowest BCUT2D eigenvalue weighted by atomic mass is 9.65. The van der Waals surface area contributed by atoms with Crippen molar-refractivity contribution in [1.82, 2.24) is 10.2 Å². The van der Waals surface area contributed by atoms with Crippen molar-refractivity contribution in [2.24, 2.45) is 23.2 Å². The van der Waals surface area contributed by atoms with Crippen molar-refractivity contribution in [3.63, 3.8) is 0 Å². The SMILES string of the molecule is COC(=O)C1CC(N2C=C(C3CC(CO)C3)[C@](C)(c3ccc(CCC(C)(C)C)c(Cl)c3)NC2=O)C1. The number of amides is 2. The highest BCUT2D eigenvalue weighted by molar-refractivity contribution is 6.31. The molecular weight excluding hydrogens is 464 g/mol. The summed E-state index contributed by atoms with van der Waals surface area (Å²) in [5.74, 6) is 0.214. The number of hydrogen-bond acceptors (Lipinski definition) is 4. The van der Waals surface area contributed by atoms with Gasteiger partial charge in [-0.15, -0.1) is 0 Å². The monoisotopic (exact) mass is 502 g/mol. The van der Waals surface area contributed by atoms with Crippen LogP contribution in [0.3, 0.4) is 0 Å². The van der Waals surface area contributed by atoms with E-state index in [1.54, 1.807) is 4.90 Å². The Balaban J connectivity index is 1.61. The molecule has 2 saturated carbocycles. The van der Waals surface area contributed by atoms with Gasteiger partial charge in [-0.05, 0) is 85.5 Å². The molecule has 0 saturated heterocycles. The number of aryl methyl sites for hydroxylation is 1. The summed E-state index contributed by atoms with van der Waals surface area (Å²) < 4.78 is 4.86. The summed E-state index contributed by atoms with van der Waals surface area (Å²) in [5.41, 5.74) is 2.77. The van der Waals surface area contributed by atoms with Crippen LogP contribution in [0.1, 0.15) is 70.9 Å². The minimum atomic E-state index is -0.684. The van der Waals surface area contributed by atoms with Gasteiger partial charge in [-0.1, -0.05) is 44.5 Å². The van der Waals surface area contributed by atoms with Gasteiger partial charge < -0.3 is 15.2 Å². The van der Waals surface area contributed by atoms with E-state index in [1.807, 2.05) is 12.3 Å². The Hall–Kier alpha value is -2.05. The number of urea groups is 1. The summed E-state index contributed by atoms with van der Waals surface area (Å²) in [6.07, 6.45) is 6.97. The summed E-state index contributed by atoms with van der Waals surface area (Å²) in [6.45, 7) is 8.92. The highest BCUT2D eigenvalue weighted by Crippen LogP contribution is 2.48. The second-order valence-corrected chi connectivity index (χ2v) is 12.4. The molecule has 0 radical (unpaired) electrons. The predicted octanol–water partition coefficient (Wildman–Crippen LogP) is 5.41. The van der Waals surface area contributed by atoms with E-state index in [2.05, 4.69) is 45.1 Å². The molecule has 4 rings (SSSR count). The Kier molecular flexibility index (Phi) is 7.27. The van der Waals surface area contributed by atoms with Gasteiger partial charge in [0.25, 0.3) is 0 Å². The van der Waals surface area contributed by atoms with E-state index in [-0.39, 0.29) is 41.9 Å². The van der Waals surface area contributed by atoms with Crippen LogP contribution in [0.15, 0.2) is 30.0 Å². The van der Waals surface area contributed by atoms with Crippen LogP contribution >= 0.6 is 11.6 Å². The van der Waals surface area contributed by atoms with Gasteiger partial charge in [0.15, 0.2) is 0 Å². The Morgan fingerprint density at radius 1 is 1.26 bits per heavy atom. The molecule has 2 aliphatic carbocycles. The standard InChI is InChI=1S/C28H39ClN2O4/c1-27(2,3)9-8-18-6-7-21(14-24(18)29)28(4)23(19-10-17(11-19)16-32)15-31(26(34)30-28)22-12-20(13-22)25(33)35-5/h6-7,14-15,17,19-20,22,32H,8-13,16H2,1-5H3,(H,30,34)/t17?,19?,20?,22?,28-/m0/s1. The van der Waals surface area contributed by atoms with Gasteiger partial charge in [-0.25, -0.2) is 4.79 Å². The number of ether oxygens (including phenoxy) is 1. The van der Waals surface area contributed by atoms with Gasteiger partial charge in [0, 0.05) is 23.9 Å². The average Bonchev–Trinajstić information content (AvgIpc) is 2.72. The van der Waals surface area contributed by atoms with E-state index in [4.69, 9.17) is 16.3 Å². The molecule has 2 amide bonds. The molecular formula is C28H39ClN2O4. The molecule has 1 aromatic rings. The lowest BCUT2D eigenvalue weighted by molar-refractivity contribution is -0.150. The number of methoxy groups -OCH3 is 1. The molecule has 1 aromatic carbocycles. The molecule has 6 nitrogen and oxygen atoms in total. The molecule has 0 bridgehead atoms. The van der Waals surface area contributed by atoms with Crippen molar-refractivity contribution in [3.8, 4) is 0 Å². The number of nitrogens with one attached hydrogen (secondary N) is 1. The molecule has 0 aromatic heterocycles. The molecule has 1 heterocycles. The maximum absolute atomic E-state index is 13.3. The molecule has 3 aliphatic rings. The van der Waals surface area contributed by atoms with E-state index >= 15 is 0 Å². The zero-order valence-electron chi connectivity index (χ0n) is 21.6. The number of aliphatic hydroxyl groups excluding tert-OH is 1. The van der Waals surface area contributed by atoms with Crippen LogP contribution in [0.25, 0.3) is 0 Å². The number of carbonyl (C=O) groups excluding carboxylic acids is 2. The number of nitrogens with zero attached hydrogens (tertiary/aromatic N) is 1. The number of carbonyl (C=O) groups is 2. The first-order valence-electron chi connectivity index (χ1n) is 12.8. The Bertz CT molecular complexity index is 1000. The third kappa shape index (κ3) is 5.24. The first-order valence-corrected chi connectivity index (χ1v) is 13.1. The fourth-order valence-electron chi connectivity index (χ4n) is 5.60. The topological polar surface area (TPSA) is 78.9 Å². The second-order valence-electron chi connectivity index (χ2n) is 12.0. The zero-order valence-corrected chi connectivity index (χ0v) is 22.3. The van der Waals surface area contributed by atoms with Crippen LogP contribution in [0.5, 0.6) is 0 Å². The minimum absolute atomic E-state index is 0.0178. The number of aliphatic hydroxyl groups is 1. The maximum Gasteiger partial charge on any atom is 0.322 e. The lowest BCUT2D eigenvalue weighted by Gasteiger charge is -2.50. The Labute approximate surface area is 214 Å². The van der Waals surface area contributed by atoms with Gasteiger partial charge in [0.1, 0.15) is 0 Å². The third-order valence-corrected chi connectivity index (χ3v) is 8.55. The van der Waals surface area contributed by atoms with Crippen LogP contribution in [-0.4, -0.2) is 41.8 Å². The van der Waals surface area contributed by atoms with Crippen LogP contribution < -0.4 is 5.32 Å². The molecule has 1 atom stereocenters. The lowest BCUT2D eigenvalue weighted by Crippen LogP contribution is -2.60. The van der Waals surface area contributed by atoms with Crippen molar-refractivity contribution in [2.45, 2.75) is 77.8 Å². The van der Waals surface area contributed by atoms with Gasteiger partial charge in [-0.2, -0.15) is 0 Å². The van der Waals surface area contributed by atoms with Crippen molar-refractivity contribution in [2.75, 3.05) is 13.7 Å². The van der Waals surface area contributed by atoms with Gasteiger partial charge in [-0.3, -0.25) is 9.69 Å². The number of halogens is 1. The summed E-state index contributed by atoms with van der Waals surface area (Å²) in [4.78, 5) is 26.9. The fraction of sp³-hybridized carbons (Fsp3) is 0.643.